The van der Waals surface area contributed by atoms with Crippen molar-refractivity contribution in [2.75, 3.05) is 17.4 Å². The van der Waals surface area contributed by atoms with Gasteiger partial charge in [-0.3, -0.25) is 5.43 Å². The van der Waals surface area contributed by atoms with Gasteiger partial charge in [0.15, 0.2) is 0 Å². The number of hydrazine groups is 1. The molecule has 1 saturated carbocycles. The van der Waals surface area contributed by atoms with Gasteiger partial charge in [0.1, 0.15) is 0 Å². The fraction of sp³-hybridized carbons (Fsp3) is 0.400. The Balaban J connectivity index is 2.01. The van der Waals surface area contributed by atoms with Crippen LogP contribution in [0.25, 0.3) is 5.95 Å². The van der Waals surface area contributed by atoms with Crippen LogP contribution in [0.1, 0.15) is 12.8 Å². The quantitative estimate of drug-likeness (QED) is 0.576. The smallest absolute Gasteiger partial charge is 0.257 e. The molecule has 3 rings (SSSR count). The average molecular weight is 246 g/mol. The molecule has 1 aliphatic carbocycles. The number of hydrogen-bond acceptors (Lipinski definition) is 7. The van der Waals surface area contributed by atoms with E-state index in [4.69, 9.17) is 5.84 Å². The molecule has 2 heterocycles. The molecule has 1 aliphatic rings. The number of rotatable bonds is 4. The van der Waals surface area contributed by atoms with Crippen molar-refractivity contribution in [3.63, 3.8) is 0 Å². The zero-order valence-electron chi connectivity index (χ0n) is 9.98. The summed E-state index contributed by atoms with van der Waals surface area (Å²) in [5, 5.41) is 4.10. The molecule has 0 unspecified atom stereocenters. The van der Waals surface area contributed by atoms with E-state index in [0.29, 0.717) is 23.9 Å². The molecule has 0 bridgehead atoms. The Bertz CT molecular complexity index is 533. The molecule has 18 heavy (non-hydrogen) atoms. The fourth-order valence-corrected chi connectivity index (χ4v) is 1.69. The van der Waals surface area contributed by atoms with Crippen LogP contribution in [0.2, 0.25) is 0 Å². The van der Waals surface area contributed by atoms with Gasteiger partial charge in [0.05, 0.1) is 0 Å². The molecule has 8 nitrogen and oxygen atoms in total. The lowest BCUT2D eigenvalue weighted by atomic mass is 10.6. The van der Waals surface area contributed by atoms with Crippen molar-refractivity contribution < 1.29 is 0 Å². The maximum atomic E-state index is 5.38. The molecule has 2 aromatic rings. The number of nitrogens with zero attached hydrogens (tertiary/aromatic N) is 6. The molecular weight excluding hydrogens is 232 g/mol. The normalized spacial score (nSPS) is 14.6. The number of nitrogen functional groups attached to an aromatic ring is 1. The minimum atomic E-state index is 0.331. The lowest BCUT2D eigenvalue weighted by Gasteiger charge is -2.17. The van der Waals surface area contributed by atoms with Crippen LogP contribution < -0.4 is 16.2 Å². The van der Waals surface area contributed by atoms with E-state index < -0.39 is 0 Å². The highest BCUT2D eigenvalue weighted by molar-refractivity contribution is 5.40. The first-order chi connectivity index (χ1) is 8.78. The molecule has 0 aromatic carbocycles. The molecule has 1 fully saturated rings. The highest BCUT2D eigenvalue weighted by Gasteiger charge is 2.28. The minimum absolute atomic E-state index is 0.331. The summed E-state index contributed by atoms with van der Waals surface area (Å²) < 4.78 is 1.58. The molecule has 3 N–H and O–H groups in total. The van der Waals surface area contributed by atoms with E-state index in [1.807, 2.05) is 18.0 Å². The van der Waals surface area contributed by atoms with Crippen LogP contribution in [0.3, 0.4) is 0 Å². The first kappa shape index (κ1) is 10.9. The van der Waals surface area contributed by atoms with Crippen molar-refractivity contribution in [2.24, 2.45) is 5.84 Å². The van der Waals surface area contributed by atoms with Gasteiger partial charge in [-0.2, -0.15) is 20.1 Å². The summed E-state index contributed by atoms with van der Waals surface area (Å²) in [6.45, 7) is 0. The Kier molecular flexibility index (Phi) is 2.56. The van der Waals surface area contributed by atoms with Gasteiger partial charge in [0.2, 0.25) is 11.9 Å². The molecule has 0 atom stereocenters. The van der Waals surface area contributed by atoms with Gasteiger partial charge in [-0.15, -0.1) is 0 Å². The molecule has 0 radical (unpaired) electrons. The number of nitrogens with one attached hydrogen (secondary N) is 1. The van der Waals surface area contributed by atoms with Crippen LogP contribution in [0, 0.1) is 0 Å². The van der Waals surface area contributed by atoms with Gasteiger partial charge in [0.25, 0.3) is 5.95 Å². The Morgan fingerprint density at radius 1 is 1.39 bits per heavy atom. The largest absolute Gasteiger partial charge is 0.341 e. The summed E-state index contributed by atoms with van der Waals surface area (Å²) in [6, 6.07) is 2.33. The molecule has 0 spiro atoms. The SMILES string of the molecule is CN(c1nc(NN)nc(-n2cccn2)n1)C1CC1. The van der Waals surface area contributed by atoms with Crippen molar-refractivity contribution in [1.29, 1.82) is 0 Å². The lowest BCUT2D eigenvalue weighted by Crippen LogP contribution is -2.24. The van der Waals surface area contributed by atoms with Crippen molar-refractivity contribution in [3.05, 3.63) is 18.5 Å². The van der Waals surface area contributed by atoms with Gasteiger partial charge in [-0.25, -0.2) is 10.5 Å². The van der Waals surface area contributed by atoms with Crippen LogP contribution in [-0.2, 0) is 0 Å². The highest BCUT2D eigenvalue weighted by Crippen LogP contribution is 2.28. The molecule has 8 heteroatoms. The molecular formula is C10H14N8. The van der Waals surface area contributed by atoms with E-state index >= 15 is 0 Å². The standard InChI is InChI=1S/C10H14N8/c1-17(7-3-4-7)9-13-8(16-11)14-10(15-9)18-6-2-5-12-18/h2,5-7H,3-4,11H2,1H3,(H,13,14,15,16). The van der Waals surface area contributed by atoms with Crippen molar-refractivity contribution in [2.45, 2.75) is 18.9 Å². The fourth-order valence-electron chi connectivity index (χ4n) is 1.69. The van der Waals surface area contributed by atoms with Crippen LogP contribution in [-0.4, -0.2) is 37.8 Å². The van der Waals surface area contributed by atoms with Gasteiger partial charge < -0.3 is 4.90 Å². The maximum absolute atomic E-state index is 5.38. The summed E-state index contributed by atoms with van der Waals surface area (Å²) in [7, 11) is 1.97. The third kappa shape index (κ3) is 1.97. The van der Waals surface area contributed by atoms with E-state index in [9.17, 15) is 0 Å². The molecule has 94 valence electrons. The highest BCUT2D eigenvalue weighted by atomic mass is 15.4. The lowest BCUT2D eigenvalue weighted by molar-refractivity contribution is 0.773. The maximum Gasteiger partial charge on any atom is 0.257 e. The van der Waals surface area contributed by atoms with Gasteiger partial charge in [0, 0.05) is 25.5 Å². The van der Waals surface area contributed by atoms with Crippen LogP contribution in [0.5, 0.6) is 0 Å². The van der Waals surface area contributed by atoms with E-state index in [1.54, 1.807) is 17.1 Å². The van der Waals surface area contributed by atoms with Crippen LogP contribution >= 0.6 is 0 Å². The second-order valence-electron chi connectivity index (χ2n) is 4.20. The Labute approximate surface area is 104 Å². The average Bonchev–Trinajstić information content (AvgIpc) is 3.11. The predicted octanol–water partition coefficient (Wildman–Crippen LogP) is -0.0585. The van der Waals surface area contributed by atoms with Gasteiger partial charge in [-0.1, -0.05) is 0 Å². The summed E-state index contributed by atoms with van der Waals surface area (Å²) in [5.74, 6) is 6.77. The second-order valence-corrected chi connectivity index (χ2v) is 4.20. The molecule has 0 amide bonds. The van der Waals surface area contributed by atoms with Crippen LogP contribution in [0.4, 0.5) is 11.9 Å². The monoisotopic (exact) mass is 246 g/mol. The van der Waals surface area contributed by atoms with Gasteiger partial charge in [-0.05, 0) is 18.9 Å². The summed E-state index contributed by atoms with van der Waals surface area (Å²) >= 11 is 0. The summed E-state index contributed by atoms with van der Waals surface area (Å²) in [4.78, 5) is 14.9. The van der Waals surface area contributed by atoms with E-state index in [-0.39, 0.29) is 0 Å². The van der Waals surface area contributed by atoms with Crippen molar-refractivity contribution >= 4 is 11.9 Å². The Morgan fingerprint density at radius 2 is 2.22 bits per heavy atom. The zero-order chi connectivity index (χ0) is 12.5. The summed E-state index contributed by atoms with van der Waals surface area (Å²) in [5.41, 5.74) is 2.45. The summed E-state index contributed by atoms with van der Waals surface area (Å²) in [6.07, 6.45) is 5.79. The third-order valence-corrected chi connectivity index (χ3v) is 2.86. The molecule has 0 aliphatic heterocycles. The topological polar surface area (TPSA) is 97.8 Å². The Hall–Kier alpha value is -2.22. The van der Waals surface area contributed by atoms with Crippen molar-refractivity contribution in [3.8, 4) is 5.95 Å². The minimum Gasteiger partial charge on any atom is -0.341 e. The van der Waals surface area contributed by atoms with Crippen molar-refractivity contribution in [1.82, 2.24) is 24.7 Å². The zero-order valence-corrected chi connectivity index (χ0v) is 9.98. The van der Waals surface area contributed by atoms with E-state index in [2.05, 4.69) is 25.5 Å². The first-order valence-electron chi connectivity index (χ1n) is 5.73. The first-order valence-corrected chi connectivity index (χ1v) is 5.73. The third-order valence-electron chi connectivity index (χ3n) is 2.86. The number of aromatic nitrogens is 5. The van der Waals surface area contributed by atoms with Crippen LogP contribution in [0.15, 0.2) is 18.5 Å². The van der Waals surface area contributed by atoms with E-state index in [0.717, 1.165) is 0 Å². The number of anilines is 2. The van der Waals surface area contributed by atoms with Gasteiger partial charge >= 0.3 is 0 Å². The predicted molar refractivity (Wildman–Crippen MR) is 66.2 cm³/mol. The van der Waals surface area contributed by atoms with E-state index in [1.165, 1.54) is 12.8 Å². The molecule has 0 saturated heterocycles. The molecule has 2 aromatic heterocycles. The number of hydrogen-bond donors (Lipinski definition) is 2. The second kappa shape index (κ2) is 4.22. The Morgan fingerprint density at radius 3 is 2.83 bits per heavy atom. The number of nitrogens with two attached hydrogens (primary N) is 1.